The summed E-state index contributed by atoms with van der Waals surface area (Å²) in [5.41, 5.74) is 0. The van der Waals surface area contributed by atoms with E-state index in [1.54, 1.807) is 0 Å². The van der Waals surface area contributed by atoms with Gasteiger partial charge in [-0.1, -0.05) is 38.5 Å². The predicted molar refractivity (Wildman–Crippen MR) is 57.2 cm³/mol. The molecule has 1 N–H and O–H groups in total. The van der Waals surface area contributed by atoms with Gasteiger partial charge in [0.25, 0.3) is 0 Å². The van der Waals surface area contributed by atoms with Gasteiger partial charge < -0.3 is 5.32 Å². The van der Waals surface area contributed by atoms with Gasteiger partial charge in [-0.05, 0) is 18.9 Å². The Kier molecular flexibility index (Phi) is 3.57. The van der Waals surface area contributed by atoms with Crippen LogP contribution in [0.4, 0.5) is 0 Å². The summed E-state index contributed by atoms with van der Waals surface area (Å²) >= 11 is 0. The van der Waals surface area contributed by atoms with Gasteiger partial charge in [-0.3, -0.25) is 4.79 Å². The van der Waals surface area contributed by atoms with Gasteiger partial charge in [-0.2, -0.15) is 0 Å². The first-order chi connectivity index (χ1) is 6.86. The second kappa shape index (κ2) is 4.92. The fourth-order valence-electron chi connectivity index (χ4n) is 2.56. The topological polar surface area (TPSA) is 29.1 Å². The molecule has 2 aliphatic rings. The molecule has 1 saturated carbocycles. The molecule has 1 aliphatic heterocycles. The molecule has 1 aliphatic carbocycles. The van der Waals surface area contributed by atoms with E-state index in [2.05, 4.69) is 5.32 Å². The lowest BCUT2D eigenvalue weighted by atomic mass is 9.89. The van der Waals surface area contributed by atoms with Gasteiger partial charge in [-0.25, -0.2) is 0 Å². The standard InChI is InChI=1S/C12H21NO/c14-12(11-7-8-13-11)9-10-5-3-1-2-4-6-10/h10-11,13H,1-9H2. The van der Waals surface area contributed by atoms with Gasteiger partial charge in [0.2, 0.25) is 0 Å². The average molecular weight is 195 g/mol. The Morgan fingerprint density at radius 3 is 2.21 bits per heavy atom. The van der Waals surface area contributed by atoms with Gasteiger partial charge in [0.15, 0.2) is 0 Å². The summed E-state index contributed by atoms with van der Waals surface area (Å²) in [6, 6.07) is 0.221. The average Bonchev–Trinajstić information content (AvgIpc) is 2.29. The molecule has 2 rings (SSSR count). The second-order valence-corrected chi connectivity index (χ2v) is 4.82. The predicted octanol–water partition coefficient (Wildman–Crippen LogP) is 2.28. The number of rotatable bonds is 3. The van der Waals surface area contributed by atoms with Gasteiger partial charge in [0.1, 0.15) is 5.78 Å². The van der Waals surface area contributed by atoms with Crippen molar-refractivity contribution in [1.82, 2.24) is 5.32 Å². The van der Waals surface area contributed by atoms with Crippen LogP contribution in [0.15, 0.2) is 0 Å². The van der Waals surface area contributed by atoms with Crippen LogP contribution in [0.3, 0.4) is 0 Å². The molecule has 0 bridgehead atoms. The largest absolute Gasteiger partial charge is 0.307 e. The van der Waals surface area contributed by atoms with Crippen molar-refractivity contribution >= 4 is 5.78 Å². The van der Waals surface area contributed by atoms with E-state index in [4.69, 9.17) is 0 Å². The van der Waals surface area contributed by atoms with Gasteiger partial charge >= 0.3 is 0 Å². The molecule has 1 atom stereocenters. The van der Waals surface area contributed by atoms with E-state index >= 15 is 0 Å². The molecule has 0 aromatic carbocycles. The summed E-state index contributed by atoms with van der Waals surface area (Å²) in [4.78, 5) is 11.7. The van der Waals surface area contributed by atoms with Crippen molar-refractivity contribution in [1.29, 1.82) is 0 Å². The summed E-state index contributed by atoms with van der Waals surface area (Å²) in [5, 5.41) is 3.20. The minimum absolute atomic E-state index is 0.221. The molecular weight excluding hydrogens is 174 g/mol. The van der Waals surface area contributed by atoms with Crippen LogP contribution >= 0.6 is 0 Å². The number of carbonyl (C=O) groups excluding carboxylic acids is 1. The SMILES string of the molecule is O=C(CC1CCCCCC1)C1CCN1. The molecule has 14 heavy (non-hydrogen) atoms. The van der Waals surface area contributed by atoms with Crippen LogP contribution in [0.25, 0.3) is 0 Å². The highest BCUT2D eigenvalue weighted by Gasteiger charge is 2.26. The summed E-state index contributed by atoms with van der Waals surface area (Å²) < 4.78 is 0. The van der Waals surface area contributed by atoms with Crippen molar-refractivity contribution in [3.8, 4) is 0 Å². The molecule has 1 unspecified atom stereocenters. The first kappa shape index (κ1) is 10.2. The lowest BCUT2D eigenvalue weighted by molar-refractivity contribution is -0.123. The normalized spacial score (nSPS) is 29.3. The van der Waals surface area contributed by atoms with E-state index in [1.807, 2.05) is 0 Å². The maximum absolute atomic E-state index is 11.7. The van der Waals surface area contributed by atoms with Gasteiger partial charge in [0, 0.05) is 6.42 Å². The van der Waals surface area contributed by atoms with Crippen molar-refractivity contribution in [2.45, 2.75) is 57.4 Å². The van der Waals surface area contributed by atoms with Gasteiger partial charge in [-0.15, -0.1) is 0 Å². The van der Waals surface area contributed by atoms with E-state index in [0.29, 0.717) is 11.7 Å². The quantitative estimate of drug-likeness (QED) is 0.700. The number of Topliss-reactive ketones (excluding diaryl/α,β-unsaturated/α-hetero) is 1. The Morgan fingerprint density at radius 1 is 1.07 bits per heavy atom. The Balaban J connectivity index is 1.74. The lowest BCUT2D eigenvalue weighted by Gasteiger charge is -2.27. The van der Waals surface area contributed by atoms with Crippen LogP contribution in [-0.2, 0) is 4.79 Å². The Hall–Kier alpha value is -0.370. The fourth-order valence-corrected chi connectivity index (χ4v) is 2.56. The van der Waals surface area contributed by atoms with E-state index in [9.17, 15) is 4.79 Å². The third-order valence-electron chi connectivity index (χ3n) is 3.68. The monoisotopic (exact) mass is 195 g/mol. The molecule has 0 aromatic rings. The highest BCUT2D eigenvalue weighted by Crippen LogP contribution is 2.26. The number of nitrogens with one attached hydrogen (secondary N) is 1. The molecule has 1 saturated heterocycles. The van der Waals surface area contributed by atoms with Crippen LogP contribution in [-0.4, -0.2) is 18.4 Å². The summed E-state index contributed by atoms with van der Waals surface area (Å²) in [6.07, 6.45) is 9.95. The van der Waals surface area contributed by atoms with Crippen molar-refractivity contribution in [2.24, 2.45) is 5.92 Å². The van der Waals surface area contributed by atoms with Crippen LogP contribution in [0.5, 0.6) is 0 Å². The van der Waals surface area contributed by atoms with Gasteiger partial charge in [0.05, 0.1) is 6.04 Å². The molecule has 1 heterocycles. The zero-order valence-corrected chi connectivity index (χ0v) is 8.93. The highest BCUT2D eigenvalue weighted by atomic mass is 16.1. The van der Waals surface area contributed by atoms with Crippen molar-refractivity contribution in [3.05, 3.63) is 0 Å². The van der Waals surface area contributed by atoms with Crippen molar-refractivity contribution < 1.29 is 4.79 Å². The lowest BCUT2D eigenvalue weighted by Crippen LogP contribution is -2.48. The number of carbonyl (C=O) groups is 1. The van der Waals surface area contributed by atoms with Crippen LogP contribution in [0.2, 0.25) is 0 Å². The second-order valence-electron chi connectivity index (χ2n) is 4.82. The molecule has 0 radical (unpaired) electrons. The van der Waals surface area contributed by atoms with Crippen molar-refractivity contribution in [2.75, 3.05) is 6.54 Å². The molecule has 0 amide bonds. The summed E-state index contributed by atoms with van der Waals surface area (Å²) in [6.45, 7) is 1.04. The van der Waals surface area contributed by atoms with Crippen molar-refractivity contribution in [3.63, 3.8) is 0 Å². The van der Waals surface area contributed by atoms with Crippen LogP contribution in [0, 0.1) is 5.92 Å². The summed E-state index contributed by atoms with van der Waals surface area (Å²) in [5.74, 6) is 1.18. The number of ketones is 1. The minimum atomic E-state index is 0.221. The third kappa shape index (κ3) is 2.57. The van der Waals surface area contributed by atoms with E-state index in [0.717, 1.165) is 19.4 Å². The Bertz CT molecular complexity index is 190. The number of hydrogen-bond acceptors (Lipinski definition) is 2. The molecular formula is C12H21NO. The highest BCUT2D eigenvalue weighted by molar-refractivity contribution is 5.85. The molecule has 2 heteroatoms. The summed E-state index contributed by atoms with van der Waals surface area (Å²) in [7, 11) is 0. The zero-order valence-electron chi connectivity index (χ0n) is 8.93. The molecule has 80 valence electrons. The van der Waals surface area contributed by atoms with E-state index in [-0.39, 0.29) is 6.04 Å². The first-order valence-electron chi connectivity index (χ1n) is 6.12. The fraction of sp³-hybridized carbons (Fsp3) is 0.917. The van der Waals surface area contributed by atoms with Crippen LogP contribution in [0.1, 0.15) is 51.4 Å². The van der Waals surface area contributed by atoms with E-state index in [1.165, 1.54) is 38.5 Å². The Labute approximate surface area is 86.5 Å². The smallest absolute Gasteiger partial charge is 0.150 e. The molecule has 2 fully saturated rings. The van der Waals surface area contributed by atoms with E-state index < -0.39 is 0 Å². The molecule has 0 aromatic heterocycles. The third-order valence-corrected chi connectivity index (χ3v) is 3.68. The Morgan fingerprint density at radius 2 is 1.71 bits per heavy atom. The van der Waals surface area contributed by atoms with Crippen LogP contribution < -0.4 is 5.32 Å². The molecule has 0 spiro atoms. The maximum atomic E-state index is 11.7. The number of hydrogen-bond donors (Lipinski definition) is 1. The zero-order chi connectivity index (χ0) is 9.80. The first-order valence-corrected chi connectivity index (χ1v) is 6.12. The molecule has 2 nitrogen and oxygen atoms in total. The minimum Gasteiger partial charge on any atom is -0.307 e. The maximum Gasteiger partial charge on any atom is 0.150 e.